The van der Waals surface area contributed by atoms with Crippen LogP contribution < -0.4 is 0 Å². The first kappa shape index (κ1) is 18.2. The third-order valence-corrected chi connectivity index (χ3v) is 6.02. The van der Waals surface area contributed by atoms with Crippen LogP contribution in [0.25, 0.3) is 0 Å². The second-order valence-corrected chi connectivity index (χ2v) is 8.66. The summed E-state index contributed by atoms with van der Waals surface area (Å²) in [6.45, 7) is 13.4. The number of carbonyl (C=O) groups excluding carboxylic acids is 1. The lowest BCUT2D eigenvalue weighted by molar-refractivity contribution is -0.121. The number of hydrogen-bond donors (Lipinski definition) is 0. The third kappa shape index (κ3) is 4.68. The van der Waals surface area contributed by atoms with Crippen LogP contribution in [0.2, 0.25) is 0 Å². The molecule has 0 aromatic heterocycles. The average Bonchev–Trinajstić information content (AvgIpc) is 2.42. The molecule has 1 aliphatic rings. The Balaban J connectivity index is 1.98. The molecule has 1 aromatic carbocycles. The summed E-state index contributed by atoms with van der Waals surface area (Å²) in [6, 6.07) is 4.40. The zero-order valence-electron chi connectivity index (χ0n) is 16.0. The maximum Gasteiger partial charge on any atom is 0.137 e. The SMILES string of the molecule is Cc1cc(C)c(CC(=O)CC2(C)CCC(C(C)C)CC2)c(C)c1. The van der Waals surface area contributed by atoms with Gasteiger partial charge in [-0.05, 0) is 80.4 Å². The van der Waals surface area contributed by atoms with Crippen LogP contribution in [-0.2, 0) is 11.2 Å². The summed E-state index contributed by atoms with van der Waals surface area (Å²) in [5.41, 5.74) is 5.30. The van der Waals surface area contributed by atoms with Gasteiger partial charge in [0.2, 0.25) is 0 Å². The Morgan fingerprint density at radius 2 is 1.65 bits per heavy atom. The van der Waals surface area contributed by atoms with Gasteiger partial charge in [-0.1, -0.05) is 38.5 Å². The summed E-state index contributed by atoms with van der Waals surface area (Å²) in [5, 5.41) is 0. The lowest BCUT2D eigenvalue weighted by atomic mass is 9.67. The van der Waals surface area contributed by atoms with Crippen LogP contribution in [0.15, 0.2) is 12.1 Å². The topological polar surface area (TPSA) is 17.1 Å². The van der Waals surface area contributed by atoms with Crippen molar-refractivity contribution in [2.75, 3.05) is 0 Å². The average molecular weight is 315 g/mol. The molecule has 1 heteroatoms. The van der Waals surface area contributed by atoms with Gasteiger partial charge < -0.3 is 0 Å². The van der Waals surface area contributed by atoms with E-state index in [2.05, 4.69) is 53.7 Å². The Morgan fingerprint density at radius 3 is 2.13 bits per heavy atom. The summed E-state index contributed by atoms with van der Waals surface area (Å²) >= 11 is 0. The monoisotopic (exact) mass is 314 g/mol. The molecule has 1 nitrogen and oxygen atoms in total. The number of hydrogen-bond acceptors (Lipinski definition) is 1. The molecule has 1 fully saturated rings. The number of rotatable bonds is 5. The van der Waals surface area contributed by atoms with Crippen LogP contribution in [0.1, 0.15) is 75.1 Å². The molecule has 0 spiro atoms. The zero-order valence-corrected chi connectivity index (χ0v) is 16.0. The number of Topliss-reactive ketones (excluding diaryl/α,β-unsaturated/α-hetero) is 1. The van der Waals surface area contributed by atoms with Crippen LogP contribution in [0.5, 0.6) is 0 Å². The highest BCUT2D eigenvalue weighted by Gasteiger charge is 2.33. The van der Waals surface area contributed by atoms with Gasteiger partial charge in [0.05, 0.1) is 0 Å². The molecular formula is C22H34O. The standard InChI is InChI=1S/C22H34O/c1-15(2)19-7-9-22(6,10-8-19)14-20(23)13-21-17(4)11-16(3)12-18(21)5/h11-12,15,19H,7-10,13-14H2,1-6H3. The highest BCUT2D eigenvalue weighted by molar-refractivity contribution is 5.82. The molecule has 0 atom stereocenters. The van der Waals surface area contributed by atoms with E-state index in [-0.39, 0.29) is 5.41 Å². The molecule has 0 N–H and O–H groups in total. The quantitative estimate of drug-likeness (QED) is 0.654. The lowest BCUT2D eigenvalue weighted by Crippen LogP contribution is -2.29. The Morgan fingerprint density at radius 1 is 1.13 bits per heavy atom. The van der Waals surface area contributed by atoms with Crippen LogP contribution in [0, 0.1) is 38.0 Å². The molecule has 1 saturated carbocycles. The van der Waals surface area contributed by atoms with Gasteiger partial charge >= 0.3 is 0 Å². The van der Waals surface area contributed by atoms with Crippen molar-refractivity contribution in [1.82, 2.24) is 0 Å². The summed E-state index contributed by atoms with van der Waals surface area (Å²) in [7, 11) is 0. The van der Waals surface area contributed by atoms with Gasteiger partial charge in [0, 0.05) is 12.8 Å². The summed E-state index contributed by atoms with van der Waals surface area (Å²) in [6.07, 6.45) is 6.39. The van der Waals surface area contributed by atoms with Gasteiger partial charge in [0.25, 0.3) is 0 Å². The summed E-state index contributed by atoms with van der Waals surface area (Å²) in [5.74, 6) is 2.07. The van der Waals surface area contributed by atoms with Crippen molar-refractivity contribution in [3.63, 3.8) is 0 Å². The lowest BCUT2D eigenvalue weighted by Gasteiger charge is -2.38. The number of aryl methyl sites for hydroxylation is 3. The first-order chi connectivity index (χ1) is 10.7. The number of ketones is 1. The smallest absolute Gasteiger partial charge is 0.137 e. The van der Waals surface area contributed by atoms with Crippen molar-refractivity contribution >= 4 is 5.78 Å². The van der Waals surface area contributed by atoms with Gasteiger partial charge in [0.15, 0.2) is 0 Å². The van der Waals surface area contributed by atoms with Crippen LogP contribution in [-0.4, -0.2) is 5.78 Å². The molecule has 2 rings (SSSR count). The Hall–Kier alpha value is -1.11. The normalized spacial score (nSPS) is 24.9. The Kier molecular flexibility index (Phi) is 5.70. The van der Waals surface area contributed by atoms with Crippen LogP contribution in [0.4, 0.5) is 0 Å². The van der Waals surface area contributed by atoms with E-state index in [0.29, 0.717) is 12.2 Å². The second kappa shape index (κ2) is 7.20. The maximum atomic E-state index is 12.7. The fraction of sp³-hybridized carbons (Fsp3) is 0.682. The predicted octanol–water partition coefficient (Wildman–Crippen LogP) is 5.97. The summed E-state index contributed by atoms with van der Waals surface area (Å²) in [4.78, 5) is 12.7. The van der Waals surface area contributed by atoms with Gasteiger partial charge in [0.1, 0.15) is 5.78 Å². The van der Waals surface area contributed by atoms with Gasteiger partial charge in [-0.15, -0.1) is 0 Å². The highest BCUT2D eigenvalue weighted by atomic mass is 16.1. The van der Waals surface area contributed by atoms with E-state index in [1.807, 2.05) is 0 Å². The molecule has 128 valence electrons. The summed E-state index contributed by atoms with van der Waals surface area (Å²) < 4.78 is 0. The number of carbonyl (C=O) groups is 1. The van der Waals surface area contributed by atoms with Crippen molar-refractivity contribution in [3.05, 3.63) is 34.4 Å². The maximum absolute atomic E-state index is 12.7. The first-order valence-electron chi connectivity index (χ1n) is 9.28. The molecule has 1 aromatic rings. The van der Waals surface area contributed by atoms with E-state index < -0.39 is 0 Å². The van der Waals surface area contributed by atoms with E-state index in [9.17, 15) is 4.79 Å². The van der Waals surface area contributed by atoms with E-state index in [1.165, 1.54) is 47.9 Å². The van der Waals surface area contributed by atoms with Gasteiger partial charge in [-0.3, -0.25) is 4.79 Å². The van der Waals surface area contributed by atoms with Crippen LogP contribution >= 0.6 is 0 Å². The predicted molar refractivity (Wildman–Crippen MR) is 98.9 cm³/mol. The molecule has 0 amide bonds. The zero-order chi connectivity index (χ0) is 17.2. The minimum Gasteiger partial charge on any atom is -0.299 e. The van der Waals surface area contributed by atoms with Gasteiger partial charge in [-0.25, -0.2) is 0 Å². The van der Waals surface area contributed by atoms with E-state index in [4.69, 9.17) is 0 Å². The second-order valence-electron chi connectivity index (χ2n) is 8.66. The minimum atomic E-state index is 0.231. The van der Waals surface area contributed by atoms with E-state index in [1.54, 1.807) is 0 Å². The molecule has 0 heterocycles. The van der Waals surface area contributed by atoms with Crippen molar-refractivity contribution < 1.29 is 4.79 Å². The minimum absolute atomic E-state index is 0.231. The molecule has 0 saturated heterocycles. The van der Waals surface area contributed by atoms with Crippen molar-refractivity contribution in [2.24, 2.45) is 17.3 Å². The molecule has 0 bridgehead atoms. The highest BCUT2D eigenvalue weighted by Crippen LogP contribution is 2.43. The van der Waals surface area contributed by atoms with E-state index in [0.717, 1.165) is 18.3 Å². The fourth-order valence-corrected chi connectivity index (χ4v) is 4.40. The van der Waals surface area contributed by atoms with Crippen molar-refractivity contribution in [2.45, 2.75) is 80.1 Å². The molecule has 23 heavy (non-hydrogen) atoms. The van der Waals surface area contributed by atoms with Gasteiger partial charge in [-0.2, -0.15) is 0 Å². The molecule has 0 unspecified atom stereocenters. The molecular weight excluding hydrogens is 280 g/mol. The van der Waals surface area contributed by atoms with E-state index >= 15 is 0 Å². The Bertz CT molecular complexity index is 536. The fourth-order valence-electron chi connectivity index (χ4n) is 4.40. The van der Waals surface area contributed by atoms with Crippen molar-refractivity contribution in [3.8, 4) is 0 Å². The Labute approximate surface area is 142 Å². The number of benzene rings is 1. The molecule has 0 aliphatic heterocycles. The molecule has 1 aliphatic carbocycles. The first-order valence-corrected chi connectivity index (χ1v) is 9.28. The largest absolute Gasteiger partial charge is 0.299 e. The van der Waals surface area contributed by atoms with Crippen LogP contribution in [0.3, 0.4) is 0 Å². The third-order valence-electron chi connectivity index (χ3n) is 6.02. The molecule has 0 radical (unpaired) electrons. The van der Waals surface area contributed by atoms with Crippen molar-refractivity contribution in [1.29, 1.82) is 0 Å².